The summed E-state index contributed by atoms with van der Waals surface area (Å²) >= 11 is 1.44. The van der Waals surface area contributed by atoms with Crippen LogP contribution >= 0.6 is 11.3 Å². The number of nitrogens with zero attached hydrogens (tertiary/aromatic N) is 4. The first-order valence-electron chi connectivity index (χ1n) is 10.9. The highest BCUT2D eigenvalue weighted by atomic mass is 32.1. The van der Waals surface area contributed by atoms with Crippen molar-refractivity contribution in [2.45, 2.75) is 39.5 Å². The molecule has 5 rings (SSSR count). The number of halogens is 2. The molecule has 170 valence electrons. The highest BCUT2D eigenvalue weighted by Gasteiger charge is 2.29. The monoisotopic (exact) mass is 467 g/mol. The molecule has 1 fully saturated rings. The van der Waals surface area contributed by atoms with Crippen LogP contribution in [0.4, 0.5) is 8.78 Å². The van der Waals surface area contributed by atoms with Gasteiger partial charge in [-0.05, 0) is 57.4 Å². The molecule has 0 bridgehead atoms. The molecule has 1 aromatic carbocycles. The van der Waals surface area contributed by atoms with Crippen LogP contribution in [0.1, 0.15) is 51.3 Å². The molecule has 1 N–H and O–H groups in total. The van der Waals surface area contributed by atoms with Crippen molar-refractivity contribution in [2.75, 3.05) is 13.1 Å². The Kier molecular flexibility index (Phi) is 5.44. The fourth-order valence-electron chi connectivity index (χ4n) is 4.53. The summed E-state index contributed by atoms with van der Waals surface area (Å²) < 4.78 is 26.8. The minimum absolute atomic E-state index is 0.0351. The van der Waals surface area contributed by atoms with E-state index < -0.39 is 11.6 Å². The van der Waals surface area contributed by atoms with Crippen molar-refractivity contribution in [3.63, 3.8) is 0 Å². The van der Waals surface area contributed by atoms with E-state index in [-0.39, 0.29) is 11.8 Å². The number of fused-ring (bicyclic) bond motifs is 1. The van der Waals surface area contributed by atoms with Crippen molar-refractivity contribution in [3.05, 3.63) is 63.8 Å². The maximum Gasteiger partial charge on any atom is 0.264 e. The number of nitrogens with one attached hydrogen (secondary N) is 1. The number of imidazole rings is 1. The first-order valence-corrected chi connectivity index (χ1v) is 11.7. The number of rotatable bonds is 3. The second kappa shape index (κ2) is 8.30. The van der Waals surface area contributed by atoms with Gasteiger partial charge in [-0.2, -0.15) is 0 Å². The first kappa shape index (κ1) is 21.6. The minimum Gasteiger partial charge on any atom is -0.342 e. The van der Waals surface area contributed by atoms with Gasteiger partial charge in [-0.1, -0.05) is 0 Å². The van der Waals surface area contributed by atoms with E-state index in [1.165, 1.54) is 17.4 Å². The number of hydrogen-bond acceptors (Lipinski definition) is 5. The molecule has 0 unspecified atom stereocenters. The van der Waals surface area contributed by atoms with E-state index in [9.17, 15) is 13.6 Å². The van der Waals surface area contributed by atoms with Gasteiger partial charge in [0.2, 0.25) is 0 Å². The number of H-pyrrole nitrogens is 1. The van der Waals surface area contributed by atoms with Crippen LogP contribution < -0.4 is 0 Å². The molecule has 0 aliphatic carbocycles. The number of carbonyl (C=O) groups excluding carboxylic acids is 1. The van der Waals surface area contributed by atoms with Gasteiger partial charge in [0, 0.05) is 35.7 Å². The molecule has 1 amide bonds. The van der Waals surface area contributed by atoms with Gasteiger partial charge < -0.3 is 9.88 Å². The number of likely N-dealkylation sites (tertiary alicyclic amines) is 1. The zero-order valence-electron chi connectivity index (χ0n) is 18.6. The molecule has 33 heavy (non-hydrogen) atoms. The predicted molar refractivity (Wildman–Crippen MR) is 123 cm³/mol. The van der Waals surface area contributed by atoms with Crippen molar-refractivity contribution in [2.24, 2.45) is 0 Å². The number of thiophene rings is 1. The smallest absolute Gasteiger partial charge is 0.264 e. The van der Waals surface area contributed by atoms with E-state index in [1.54, 1.807) is 6.20 Å². The Balaban J connectivity index is 1.30. The third-order valence-corrected chi connectivity index (χ3v) is 7.45. The summed E-state index contributed by atoms with van der Waals surface area (Å²) in [7, 11) is 0. The zero-order valence-corrected chi connectivity index (χ0v) is 19.4. The predicted octanol–water partition coefficient (Wildman–Crippen LogP) is 5.30. The summed E-state index contributed by atoms with van der Waals surface area (Å²) in [6.45, 7) is 7.03. The number of aromatic amines is 1. The zero-order chi connectivity index (χ0) is 23.3. The fraction of sp³-hybridized carbons (Fsp3) is 0.333. The average molecular weight is 468 g/mol. The van der Waals surface area contributed by atoms with Gasteiger partial charge in [0.25, 0.3) is 5.91 Å². The van der Waals surface area contributed by atoms with E-state index in [1.807, 2.05) is 25.7 Å². The maximum absolute atomic E-state index is 13.6. The van der Waals surface area contributed by atoms with Gasteiger partial charge in [0.15, 0.2) is 11.6 Å². The molecule has 4 aromatic rings. The van der Waals surface area contributed by atoms with Gasteiger partial charge in [-0.3, -0.25) is 4.79 Å². The Morgan fingerprint density at radius 1 is 1.12 bits per heavy atom. The molecule has 0 spiro atoms. The number of hydrogen-bond donors (Lipinski definition) is 1. The van der Waals surface area contributed by atoms with Crippen LogP contribution in [-0.4, -0.2) is 43.8 Å². The lowest BCUT2D eigenvalue weighted by molar-refractivity contribution is 0.0715. The third-order valence-electron chi connectivity index (χ3n) is 6.27. The Morgan fingerprint density at radius 3 is 2.61 bits per heavy atom. The molecule has 6 nitrogen and oxygen atoms in total. The highest BCUT2D eigenvalue weighted by Crippen LogP contribution is 2.34. The molecule has 9 heteroatoms. The summed E-state index contributed by atoms with van der Waals surface area (Å²) in [4.78, 5) is 33.4. The molecule has 3 aromatic heterocycles. The van der Waals surface area contributed by atoms with Crippen LogP contribution in [0.3, 0.4) is 0 Å². The second-order valence-electron chi connectivity index (χ2n) is 8.47. The van der Waals surface area contributed by atoms with Gasteiger partial charge in [-0.25, -0.2) is 23.7 Å². The first-order chi connectivity index (χ1) is 15.8. The standard InChI is InChI=1S/C24H23F2N5OS/c1-12-20-13(2)28-14(3)29-23(20)33-21(12)24(32)31-8-6-15(7-9-31)22-27-11-19(30-22)16-4-5-17(25)18(26)10-16/h4-5,10-11,15H,6-9H2,1-3H3,(H,27,30). The number of benzene rings is 1. The number of aromatic nitrogens is 4. The van der Waals surface area contributed by atoms with Crippen molar-refractivity contribution in [1.29, 1.82) is 0 Å². The van der Waals surface area contributed by atoms with E-state index in [0.29, 0.717) is 30.2 Å². The normalized spacial score (nSPS) is 14.9. The van der Waals surface area contributed by atoms with Crippen molar-refractivity contribution >= 4 is 27.5 Å². The fourth-order valence-corrected chi connectivity index (χ4v) is 5.78. The lowest BCUT2D eigenvalue weighted by atomic mass is 9.96. The van der Waals surface area contributed by atoms with E-state index in [4.69, 9.17) is 0 Å². The average Bonchev–Trinajstić information content (AvgIpc) is 3.40. The van der Waals surface area contributed by atoms with Gasteiger partial charge >= 0.3 is 0 Å². The van der Waals surface area contributed by atoms with E-state index >= 15 is 0 Å². The number of piperidine rings is 1. The van der Waals surface area contributed by atoms with Gasteiger partial charge in [0.1, 0.15) is 16.5 Å². The Hall–Kier alpha value is -3.20. The topological polar surface area (TPSA) is 74.8 Å². The summed E-state index contributed by atoms with van der Waals surface area (Å²) in [5, 5.41) is 0.976. The van der Waals surface area contributed by atoms with Crippen LogP contribution in [0.25, 0.3) is 21.5 Å². The van der Waals surface area contributed by atoms with Crippen molar-refractivity contribution in [3.8, 4) is 11.3 Å². The second-order valence-corrected chi connectivity index (χ2v) is 9.47. The number of carbonyl (C=O) groups is 1. The molecule has 0 saturated carbocycles. The summed E-state index contributed by atoms with van der Waals surface area (Å²) in [5.74, 6) is -0.0335. The molecule has 1 aliphatic rings. The van der Waals surface area contributed by atoms with E-state index in [2.05, 4.69) is 19.9 Å². The molecule has 0 radical (unpaired) electrons. The largest absolute Gasteiger partial charge is 0.342 e. The van der Waals surface area contributed by atoms with Crippen LogP contribution in [0, 0.1) is 32.4 Å². The van der Waals surface area contributed by atoms with Crippen LogP contribution in [-0.2, 0) is 0 Å². The molecule has 4 heterocycles. The third kappa shape index (κ3) is 3.90. The van der Waals surface area contributed by atoms with Crippen LogP contribution in [0.5, 0.6) is 0 Å². The molecule has 1 aliphatic heterocycles. The molecular weight excluding hydrogens is 444 g/mol. The maximum atomic E-state index is 13.6. The molecule has 0 atom stereocenters. The molecule has 1 saturated heterocycles. The van der Waals surface area contributed by atoms with E-state index in [0.717, 1.165) is 57.1 Å². The Morgan fingerprint density at radius 2 is 1.88 bits per heavy atom. The lowest BCUT2D eigenvalue weighted by Gasteiger charge is -2.31. The SMILES string of the molecule is Cc1nc(C)c2c(C)c(C(=O)N3CCC(c4ncc(-c5ccc(F)c(F)c5)[nH]4)CC3)sc2n1. The van der Waals surface area contributed by atoms with Crippen LogP contribution in [0.2, 0.25) is 0 Å². The van der Waals surface area contributed by atoms with Crippen molar-refractivity contribution < 1.29 is 13.6 Å². The summed E-state index contributed by atoms with van der Waals surface area (Å²) in [6.07, 6.45) is 3.20. The number of amides is 1. The summed E-state index contributed by atoms with van der Waals surface area (Å²) in [5.41, 5.74) is 3.05. The van der Waals surface area contributed by atoms with Crippen molar-refractivity contribution in [1.82, 2.24) is 24.8 Å². The Bertz CT molecular complexity index is 1370. The summed E-state index contributed by atoms with van der Waals surface area (Å²) in [6, 6.07) is 3.80. The lowest BCUT2D eigenvalue weighted by Crippen LogP contribution is -2.38. The number of aryl methyl sites for hydroxylation is 3. The minimum atomic E-state index is -0.886. The highest BCUT2D eigenvalue weighted by molar-refractivity contribution is 7.20. The van der Waals surface area contributed by atoms with Gasteiger partial charge in [0.05, 0.1) is 16.8 Å². The van der Waals surface area contributed by atoms with Gasteiger partial charge in [-0.15, -0.1) is 11.3 Å². The van der Waals surface area contributed by atoms with Crippen LogP contribution in [0.15, 0.2) is 24.4 Å². The molecular formula is C24H23F2N5OS. The Labute approximate surface area is 193 Å². The quantitative estimate of drug-likeness (QED) is 0.443.